The molecule has 1 aliphatic rings. The van der Waals surface area contributed by atoms with Crippen LogP contribution in [0.5, 0.6) is 0 Å². The van der Waals surface area contributed by atoms with Crippen LogP contribution in [0.1, 0.15) is 24.8 Å². The molecule has 0 bridgehead atoms. The van der Waals surface area contributed by atoms with Crippen molar-refractivity contribution in [2.24, 2.45) is 0 Å². The average Bonchev–Trinajstić information content (AvgIpc) is 2.28. The predicted octanol–water partition coefficient (Wildman–Crippen LogP) is 2.80. The summed E-state index contributed by atoms with van der Waals surface area (Å²) in [4.78, 5) is 13.0. The Morgan fingerprint density at radius 3 is 2.58 bits per heavy atom. The second-order valence-electron chi connectivity index (χ2n) is 5.55. The van der Waals surface area contributed by atoms with Crippen molar-refractivity contribution >= 4 is 11.4 Å². The molecule has 0 unspecified atom stereocenters. The van der Waals surface area contributed by atoms with Crippen molar-refractivity contribution in [3.05, 3.63) is 33.9 Å². The Hall–Kier alpha value is -1.62. The van der Waals surface area contributed by atoms with Gasteiger partial charge in [-0.1, -0.05) is 12.1 Å². The van der Waals surface area contributed by atoms with Crippen molar-refractivity contribution in [3.63, 3.8) is 0 Å². The summed E-state index contributed by atoms with van der Waals surface area (Å²) in [5, 5.41) is 14.4. The monoisotopic (exact) mass is 263 g/mol. The molecule has 5 heteroatoms. The van der Waals surface area contributed by atoms with Crippen LogP contribution in [0.4, 0.5) is 11.4 Å². The van der Waals surface area contributed by atoms with Gasteiger partial charge in [0.2, 0.25) is 0 Å². The maximum atomic E-state index is 11.1. The zero-order valence-electron chi connectivity index (χ0n) is 11.8. The molecule has 0 aromatic heterocycles. The van der Waals surface area contributed by atoms with Crippen molar-refractivity contribution in [3.8, 4) is 0 Å². The number of rotatable bonds is 5. The molecule has 0 atom stereocenters. The molecule has 1 aromatic carbocycles. The highest BCUT2D eigenvalue weighted by molar-refractivity contribution is 5.66. The van der Waals surface area contributed by atoms with E-state index in [0.29, 0.717) is 5.69 Å². The smallest absolute Gasteiger partial charge is 0.292 e. The number of nitrogens with zero attached hydrogens (tertiary/aromatic N) is 2. The third kappa shape index (κ3) is 2.56. The summed E-state index contributed by atoms with van der Waals surface area (Å²) >= 11 is 0. The number of nitrogens with one attached hydrogen (secondary N) is 1. The molecule has 2 rings (SSSR count). The first kappa shape index (κ1) is 13.8. The van der Waals surface area contributed by atoms with E-state index in [1.165, 1.54) is 6.42 Å². The van der Waals surface area contributed by atoms with Crippen LogP contribution < -0.4 is 5.32 Å². The molecule has 1 saturated carbocycles. The summed E-state index contributed by atoms with van der Waals surface area (Å²) in [5.41, 5.74) is 1.88. The third-order valence-corrected chi connectivity index (χ3v) is 4.27. The SMILES string of the molecule is Cc1cccc([N+](=O)[O-])c1NCC1(N(C)C)CCC1. The Labute approximate surface area is 113 Å². The van der Waals surface area contributed by atoms with Gasteiger partial charge in [-0.15, -0.1) is 0 Å². The van der Waals surface area contributed by atoms with Crippen LogP contribution in [-0.4, -0.2) is 36.0 Å². The van der Waals surface area contributed by atoms with Crippen molar-refractivity contribution in [1.29, 1.82) is 0 Å². The van der Waals surface area contributed by atoms with E-state index in [2.05, 4.69) is 24.3 Å². The highest BCUT2D eigenvalue weighted by Gasteiger charge is 2.39. The van der Waals surface area contributed by atoms with Crippen LogP contribution >= 0.6 is 0 Å². The molecule has 1 N–H and O–H groups in total. The van der Waals surface area contributed by atoms with Crippen LogP contribution in [0.3, 0.4) is 0 Å². The number of anilines is 1. The fourth-order valence-electron chi connectivity index (χ4n) is 2.65. The Morgan fingerprint density at radius 2 is 2.11 bits per heavy atom. The van der Waals surface area contributed by atoms with Gasteiger partial charge in [-0.2, -0.15) is 0 Å². The molecule has 0 amide bonds. The topological polar surface area (TPSA) is 58.4 Å². The molecular formula is C14H21N3O2. The Morgan fingerprint density at radius 1 is 1.42 bits per heavy atom. The van der Waals surface area contributed by atoms with Crippen molar-refractivity contribution in [1.82, 2.24) is 4.90 Å². The van der Waals surface area contributed by atoms with E-state index in [9.17, 15) is 10.1 Å². The summed E-state index contributed by atoms with van der Waals surface area (Å²) in [6.45, 7) is 2.66. The highest BCUT2D eigenvalue weighted by Crippen LogP contribution is 2.37. The molecule has 1 aliphatic carbocycles. The summed E-state index contributed by atoms with van der Waals surface area (Å²) in [6.07, 6.45) is 3.52. The predicted molar refractivity (Wildman–Crippen MR) is 76.6 cm³/mol. The van der Waals surface area contributed by atoms with Crippen LogP contribution in [0.15, 0.2) is 18.2 Å². The zero-order valence-corrected chi connectivity index (χ0v) is 11.8. The van der Waals surface area contributed by atoms with E-state index in [1.54, 1.807) is 12.1 Å². The molecular weight excluding hydrogens is 242 g/mol. The number of para-hydroxylation sites is 1. The van der Waals surface area contributed by atoms with E-state index in [1.807, 2.05) is 13.0 Å². The maximum absolute atomic E-state index is 11.1. The molecule has 0 heterocycles. The fraction of sp³-hybridized carbons (Fsp3) is 0.571. The van der Waals surface area contributed by atoms with E-state index < -0.39 is 0 Å². The number of hydrogen-bond acceptors (Lipinski definition) is 4. The quantitative estimate of drug-likeness (QED) is 0.655. The van der Waals surface area contributed by atoms with Gasteiger partial charge in [0, 0.05) is 18.2 Å². The molecule has 1 aromatic rings. The van der Waals surface area contributed by atoms with E-state index >= 15 is 0 Å². The van der Waals surface area contributed by atoms with Gasteiger partial charge < -0.3 is 10.2 Å². The van der Waals surface area contributed by atoms with Crippen molar-refractivity contribution < 1.29 is 4.92 Å². The van der Waals surface area contributed by atoms with E-state index in [-0.39, 0.29) is 16.1 Å². The molecule has 19 heavy (non-hydrogen) atoms. The van der Waals surface area contributed by atoms with Crippen molar-refractivity contribution in [2.45, 2.75) is 31.7 Å². The minimum atomic E-state index is -0.321. The van der Waals surface area contributed by atoms with Gasteiger partial charge in [-0.05, 0) is 45.8 Å². The van der Waals surface area contributed by atoms with Crippen molar-refractivity contribution in [2.75, 3.05) is 26.0 Å². The normalized spacial score (nSPS) is 17.1. The average molecular weight is 263 g/mol. The number of benzene rings is 1. The first-order valence-electron chi connectivity index (χ1n) is 6.62. The standard InChI is InChI=1S/C14H21N3O2/c1-11-6-4-7-12(17(18)19)13(11)15-10-14(16(2)3)8-5-9-14/h4,6-7,15H,5,8-10H2,1-3H3. The zero-order chi connectivity index (χ0) is 14.0. The third-order valence-electron chi connectivity index (χ3n) is 4.27. The first-order chi connectivity index (χ1) is 8.96. The van der Waals surface area contributed by atoms with Crippen LogP contribution in [-0.2, 0) is 0 Å². The largest absolute Gasteiger partial charge is 0.377 e. The second kappa shape index (κ2) is 5.17. The lowest BCUT2D eigenvalue weighted by atomic mass is 9.75. The highest BCUT2D eigenvalue weighted by atomic mass is 16.6. The summed E-state index contributed by atoms with van der Waals surface area (Å²) < 4.78 is 0. The Balaban J connectivity index is 2.17. The van der Waals surface area contributed by atoms with Gasteiger partial charge in [0.15, 0.2) is 0 Å². The van der Waals surface area contributed by atoms with Gasteiger partial charge in [0.1, 0.15) is 5.69 Å². The van der Waals surface area contributed by atoms with Gasteiger partial charge in [0.25, 0.3) is 5.69 Å². The van der Waals surface area contributed by atoms with Crippen LogP contribution in [0, 0.1) is 17.0 Å². The van der Waals surface area contributed by atoms with Gasteiger partial charge in [-0.3, -0.25) is 10.1 Å². The van der Waals surface area contributed by atoms with Gasteiger partial charge >= 0.3 is 0 Å². The first-order valence-corrected chi connectivity index (χ1v) is 6.62. The summed E-state index contributed by atoms with van der Waals surface area (Å²) in [5.74, 6) is 0. The lowest BCUT2D eigenvalue weighted by Crippen LogP contribution is -2.54. The molecule has 5 nitrogen and oxygen atoms in total. The van der Waals surface area contributed by atoms with E-state index in [4.69, 9.17) is 0 Å². The number of nitro groups is 1. The minimum absolute atomic E-state index is 0.149. The summed E-state index contributed by atoms with van der Waals surface area (Å²) in [6, 6.07) is 5.18. The molecule has 0 aliphatic heterocycles. The molecule has 0 radical (unpaired) electrons. The second-order valence-corrected chi connectivity index (χ2v) is 5.55. The van der Waals surface area contributed by atoms with Gasteiger partial charge in [0.05, 0.1) is 4.92 Å². The van der Waals surface area contributed by atoms with Crippen LogP contribution in [0.25, 0.3) is 0 Å². The lowest BCUT2D eigenvalue weighted by molar-refractivity contribution is -0.384. The minimum Gasteiger partial charge on any atom is -0.377 e. The lowest BCUT2D eigenvalue weighted by Gasteiger charge is -2.47. The number of likely N-dealkylation sites (N-methyl/N-ethyl adjacent to an activating group) is 1. The van der Waals surface area contributed by atoms with Crippen LogP contribution in [0.2, 0.25) is 0 Å². The molecule has 0 spiro atoms. The fourth-order valence-corrected chi connectivity index (χ4v) is 2.65. The number of hydrogen-bond donors (Lipinski definition) is 1. The maximum Gasteiger partial charge on any atom is 0.292 e. The molecule has 0 saturated heterocycles. The van der Waals surface area contributed by atoms with E-state index in [0.717, 1.165) is 24.9 Å². The molecule has 1 fully saturated rings. The Kier molecular flexibility index (Phi) is 3.75. The number of aryl methyl sites for hydroxylation is 1. The summed E-state index contributed by atoms with van der Waals surface area (Å²) in [7, 11) is 4.15. The number of nitro benzene ring substituents is 1. The Bertz CT molecular complexity index is 482. The van der Waals surface area contributed by atoms with Gasteiger partial charge in [-0.25, -0.2) is 0 Å². The molecule has 104 valence electrons.